The molecule has 0 fully saturated rings. The molecule has 2 rings (SSSR count). The summed E-state index contributed by atoms with van der Waals surface area (Å²) in [6, 6.07) is 11.2. The summed E-state index contributed by atoms with van der Waals surface area (Å²) in [6.07, 6.45) is -2.13. The number of phenolic OH excluding ortho intramolecular Hbond substituents is 1. The number of carbonyl (C=O) groups excluding carboxylic acids is 1. The number of alkyl halides is 3. The Morgan fingerprint density at radius 3 is 2.43 bits per heavy atom. The van der Waals surface area contributed by atoms with E-state index in [9.17, 15) is 23.1 Å². The van der Waals surface area contributed by atoms with Gasteiger partial charge >= 0.3 is 12.1 Å². The minimum Gasteiger partial charge on any atom is -0.507 e. The van der Waals surface area contributed by atoms with E-state index >= 15 is 0 Å². The number of halogens is 3. The summed E-state index contributed by atoms with van der Waals surface area (Å²) in [5.41, 5.74) is -0.554. The lowest BCUT2D eigenvalue weighted by Gasteiger charge is -2.12. The summed E-state index contributed by atoms with van der Waals surface area (Å²) in [5.74, 6) is -0.816. The maximum atomic E-state index is 12.8. The van der Waals surface area contributed by atoms with Crippen LogP contribution in [0.15, 0.2) is 54.6 Å². The number of hydrogen-bond donors (Lipinski definition) is 1. The maximum Gasteiger partial charge on any atom is 0.416 e. The minimum atomic E-state index is -4.51. The topological polar surface area (TPSA) is 46.5 Å². The largest absolute Gasteiger partial charge is 0.507 e. The monoisotopic (exact) mass is 322 g/mol. The summed E-state index contributed by atoms with van der Waals surface area (Å²) >= 11 is 0. The zero-order valence-corrected chi connectivity index (χ0v) is 11.9. The molecule has 0 saturated heterocycles. The Morgan fingerprint density at radius 2 is 1.74 bits per heavy atom. The molecule has 0 bridgehead atoms. The molecule has 2 aromatic rings. The number of hydrogen-bond acceptors (Lipinski definition) is 3. The first kappa shape index (κ1) is 16.6. The van der Waals surface area contributed by atoms with Crippen molar-refractivity contribution in [2.45, 2.75) is 12.8 Å². The van der Waals surface area contributed by atoms with Crippen molar-refractivity contribution in [2.75, 3.05) is 0 Å². The average Bonchev–Trinajstić information content (AvgIpc) is 2.51. The second kappa shape index (κ2) is 7.00. The third-order valence-electron chi connectivity index (χ3n) is 3.03. The second-order valence-electron chi connectivity index (χ2n) is 4.65. The summed E-state index contributed by atoms with van der Waals surface area (Å²) in [6.45, 7) is -0.486. The van der Waals surface area contributed by atoms with Crippen molar-refractivity contribution in [2.24, 2.45) is 0 Å². The summed E-state index contributed by atoms with van der Waals surface area (Å²) < 4.78 is 43.2. The van der Waals surface area contributed by atoms with Gasteiger partial charge in [0.25, 0.3) is 0 Å². The van der Waals surface area contributed by atoms with Gasteiger partial charge in [-0.25, -0.2) is 4.79 Å². The van der Waals surface area contributed by atoms with E-state index in [1.165, 1.54) is 30.3 Å². The van der Waals surface area contributed by atoms with Crippen molar-refractivity contribution in [3.8, 4) is 5.75 Å². The van der Waals surface area contributed by atoms with Crippen LogP contribution in [0, 0.1) is 0 Å². The lowest BCUT2D eigenvalue weighted by atomic mass is 10.1. The van der Waals surface area contributed by atoms with Crippen LogP contribution in [0.1, 0.15) is 16.7 Å². The molecule has 120 valence electrons. The van der Waals surface area contributed by atoms with Crippen LogP contribution in [0.4, 0.5) is 13.2 Å². The molecule has 0 unspecified atom stereocenters. The highest BCUT2D eigenvalue weighted by molar-refractivity contribution is 5.87. The van der Waals surface area contributed by atoms with Gasteiger partial charge in [-0.1, -0.05) is 36.4 Å². The lowest BCUT2D eigenvalue weighted by Crippen LogP contribution is -2.11. The van der Waals surface area contributed by atoms with Crippen molar-refractivity contribution < 1.29 is 27.8 Å². The number of para-hydroxylation sites is 1. The Kier molecular flexibility index (Phi) is 5.05. The quantitative estimate of drug-likeness (QED) is 0.679. The van der Waals surface area contributed by atoms with Gasteiger partial charge in [-0.2, -0.15) is 13.2 Å². The van der Waals surface area contributed by atoms with E-state index in [4.69, 9.17) is 4.74 Å². The SMILES string of the molecule is O=C(/C=C/c1ccccc1O)OCc1ccccc1C(F)(F)F. The molecule has 0 aliphatic heterocycles. The number of aromatic hydroxyl groups is 1. The predicted octanol–water partition coefficient (Wildman–Crippen LogP) is 4.17. The maximum absolute atomic E-state index is 12.8. The van der Waals surface area contributed by atoms with Gasteiger partial charge in [-0.15, -0.1) is 0 Å². The van der Waals surface area contributed by atoms with Gasteiger partial charge in [0, 0.05) is 17.2 Å². The van der Waals surface area contributed by atoms with Crippen LogP contribution in [-0.4, -0.2) is 11.1 Å². The highest BCUT2D eigenvalue weighted by atomic mass is 19.4. The normalized spacial score (nSPS) is 11.6. The molecule has 0 aliphatic rings. The highest BCUT2D eigenvalue weighted by Gasteiger charge is 2.33. The van der Waals surface area contributed by atoms with E-state index in [1.807, 2.05) is 0 Å². The zero-order chi connectivity index (χ0) is 16.9. The van der Waals surface area contributed by atoms with Crippen molar-refractivity contribution in [3.05, 3.63) is 71.3 Å². The van der Waals surface area contributed by atoms with Gasteiger partial charge in [0.15, 0.2) is 0 Å². The molecule has 0 aromatic heterocycles. The standard InChI is InChI=1S/C17H13F3O3/c18-17(19,20)14-7-3-1-6-13(14)11-23-16(22)10-9-12-5-2-4-8-15(12)21/h1-10,21H,11H2/b10-9+. The van der Waals surface area contributed by atoms with Crippen LogP contribution in [0.25, 0.3) is 6.08 Å². The molecule has 6 heteroatoms. The molecule has 2 aromatic carbocycles. The van der Waals surface area contributed by atoms with Gasteiger partial charge < -0.3 is 9.84 Å². The van der Waals surface area contributed by atoms with Crippen LogP contribution in [0.2, 0.25) is 0 Å². The first-order valence-electron chi connectivity index (χ1n) is 6.66. The van der Waals surface area contributed by atoms with E-state index in [0.717, 1.165) is 12.1 Å². The summed E-state index contributed by atoms with van der Waals surface area (Å²) in [4.78, 5) is 11.6. The number of phenols is 1. The third kappa shape index (κ3) is 4.60. The van der Waals surface area contributed by atoms with Crippen LogP contribution >= 0.6 is 0 Å². The molecule has 0 heterocycles. The molecule has 0 amide bonds. The molecule has 1 N–H and O–H groups in total. The van der Waals surface area contributed by atoms with E-state index < -0.39 is 24.3 Å². The molecule has 0 radical (unpaired) electrons. The van der Waals surface area contributed by atoms with Gasteiger partial charge in [-0.05, 0) is 18.2 Å². The molecular formula is C17H13F3O3. The van der Waals surface area contributed by atoms with E-state index in [1.54, 1.807) is 18.2 Å². The van der Waals surface area contributed by atoms with Crippen molar-refractivity contribution >= 4 is 12.0 Å². The number of carbonyl (C=O) groups is 1. The Labute approximate surface area is 130 Å². The number of benzene rings is 2. The lowest BCUT2D eigenvalue weighted by molar-refractivity contribution is -0.143. The summed E-state index contributed by atoms with van der Waals surface area (Å²) in [7, 11) is 0. The fourth-order valence-electron chi connectivity index (χ4n) is 1.91. The fourth-order valence-corrected chi connectivity index (χ4v) is 1.91. The summed E-state index contributed by atoms with van der Waals surface area (Å²) in [5, 5.41) is 9.53. The molecule has 0 aliphatic carbocycles. The molecule has 0 atom stereocenters. The molecule has 0 saturated carbocycles. The van der Waals surface area contributed by atoms with Crippen molar-refractivity contribution in [1.29, 1.82) is 0 Å². The van der Waals surface area contributed by atoms with Gasteiger partial charge in [0.05, 0.1) is 5.56 Å². The number of ether oxygens (including phenoxy) is 1. The Hall–Kier alpha value is -2.76. The fraction of sp³-hybridized carbons (Fsp3) is 0.118. The Morgan fingerprint density at radius 1 is 1.09 bits per heavy atom. The van der Waals surface area contributed by atoms with Gasteiger partial charge in [0.2, 0.25) is 0 Å². The van der Waals surface area contributed by atoms with Crippen LogP contribution < -0.4 is 0 Å². The van der Waals surface area contributed by atoms with Gasteiger partial charge in [0.1, 0.15) is 12.4 Å². The van der Waals surface area contributed by atoms with Crippen LogP contribution in [-0.2, 0) is 22.3 Å². The average molecular weight is 322 g/mol. The Balaban J connectivity index is 2.02. The first-order chi connectivity index (χ1) is 10.9. The number of rotatable bonds is 4. The Bertz CT molecular complexity index is 721. The van der Waals surface area contributed by atoms with Crippen molar-refractivity contribution in [1.82, 2.24) is 0 Å². The molecule has 3 nitrogen and oxygen atoms in total. The predicted molar refractivity (Wildman–Crippen MR) is 78.4 cm³/mol. The van der Waals surface area contributed by atoms with Gasteiger partial charge in [-0.3, -0.25) is 0 Å². The molecule has 0 spiro atoms. The zero-order valence-electron chi connectivity index (χ0n) is 11.9. The smallest absolute Gasteiger partial charge is 0.416 e. The van der Waals surface area contributed by atoms with E-state index in [2.05, 4.69) is 0 Å². The molecule has 23 heavy (non-hydrogen) atoms. The second-order valence-corrected chi connectivity index (χ2v) is 4.65. The highest BCUT2D eigenvalue weighted by Crippen LogP contribution is 2.32. The van der Waals surface area contributed by atoms with E-state index in [-0.39, 0.29) is 11.3 Å². The minimum absolute atomic E-state index is 0.0148. The first-order valence-corrected chi connectivity index (χ1v) is 6.66. The van der Waals surface area contributed by atoms with E-state index in [0.29, 0.717) is 5.56 Å². The third-order valence-corrected chi connectivity index (χ3v) is 3.03. The number of esters is 1. The molecular weight excluding hydrogens is 309 g/mol. The van der Waals surface area contributed by atoms with Crippen molar-refractivity contribution in [3.63, 3.8) is 0 Å². The van der Waals surface area contributed by atoms with Crippen LogP contribution in [0.3, 0.4) is 0 Å². The van der Waals surface area contributed by atoms with Crippen LogP contribution in [0.5, 0.6) is 5.75 Å².